The quantitative estimate of drug-likeness (QED) is 0.742. The van der Waals surface area contributed by atoms with Crippen molar-refractivity contribution in [3.63, 3.8) is 0 Å². The van der Waals surface area contributed by atoms with Crippen LogP contribution in [0.3, 0.4) is 0 Å². The van der Waals surface area contributed by atoms with Crippen molar-refractivity contribution >= 4 is 5.97 Å². The fourth-order valence-electron chi connectivity index (χ4n) is 1.66. The molecule has 18 heavy (non-hydrogen) atoms. The molecular formula is C12H16N4O2. The van der Waals surface area contributed by atoms with Crippen LogP contribution in [0, 0.1) is 0 Å². The highest BCUT2D eigenvalue weighted by molar-refractivity contribution is 5.86. The zero-order valence-electron chi connectivity index (χ0n) is 10.5. The summed E-state index contributed by atoms with van der Waals surface area (Å²) >= 11 is 0. The minimum absolute atomic E-state index is 0.344. The van der Waals surface area contributed by atoms with Crippen molar-refractivity contribution in [1.82, 2.24) is 19.1 Å². The SMILES string of the molecule is CCOC(=O)c1cn(CCc2nccn2C)cn1. The van der Waals surface area contributed by atoms with Gasteiger partial charge in [-0.15, -0.1) is 0 Å². The van der Waals surface area contributed by atoms with Gasteiger partial charge in [0.2, 0.25) is 0 Å². The highest BCUT2D eigenvalue weighted by atomic mass is 16.5. The second-order valence-corrected chi connectivity index (χ2v) is 3.92. The molecule has 96 valence electrons. The molecule has 0 atom stereocenters. The lowest BCUT2D eigenvalue weighted by molar-refractivity contribution is 0.0520. The first kappa shape index (κ1) is 12.3. The third-order valence-corrected chi connectivity index (χ3v) is 2.63. The topological polar surface area (TPSA) is 61.9 Å². The van der Waals surface area contributed by atoms with Crippen molar-refractivity contribution in [2.45, 2.75) is 19.9 Å². The summed E-state index contributed by atoms with van der Waals surface area (Å²) in [5.41, 5.74) is 0.344. The number of nitrogens with zero attached hydrogens (tertiary/aromatic N) is 4. The number of hydrogen-bond donors (Lipinski definition) is 0. The van der Waals surface area contributed by atoms with Gasteiger partial charge in [-0.3, -0.25) is 0 Å². The normalized spacial score (nSPS) is 10.6. The average molecular weight is 248 g/mol. The van der Waals surface area contributed by atoms with E-state index in [1.807, 2.05) is 22.4 Å². The Morgan fingerprint density at radius 2 is 2.28 bits per heavy atom. The summed E-state index contributed by atoms with van der Waals surface area (Å²) < 4.78 is 8.72. The van der Waals surface area contributed by atoms with Crippen molar-refractivity contribution in [2.24, 2.45) is 7.05 Å². The molecule has 0 amide bonds. The Kier molecular flexibility index (Phi) is 3.76. The van der Waals surface area contributed by atoms with E-state index in [9.17, 15) is 4.79 Å². The van der Waals surface area contributed by atoms with Crippen LogP contribution in [0.2, 0.25) is 0 Å². The second kappa shape index (κ2) is 5.48. The fourth-order valence-corrected chi connectivity index (χ4v) is 1.66. The summed E-state index contributed by atoms with van der Waals surface area (Å²) in [6.07, 6.45) is 7.80. The van der Waals surface area contributed by atoms with Gasteiger partial charge in [0.05, 0.1) is 12.9 Å². The Hall–Kier alpha value is -2.11. The van der Waals surface area contributed by atoms with E-state index >= 15 is 0 Å². The van der Waals surface area contributed by atoms with Gasteiger partial charge in [0.15, 0.2) is 5.69 Å². The summed E-state index contributed by atoms with van der Waals surface area (Å²) in [4.78, 5) is 19.7. The van der Waals surface area contributed by atoms with Crippen molar-refractivity contribution in [3.05, 3.63) is 36.4 Å². The Balaban J connectivity index is 1.95. The van der Waals surface area contributed by atoms with E-state index in [1.165, 1.54) is 0 Å². The lowest BCUT2D eigenvalue weighted by Gasteiger charge is -2.02. The molecule has 6 nitrogen and oxygen atoms in total. The summed E-state index contributed by atoms with van der Waals surface area (Å²) in [5.74, 6) is 0.620. The van der Waals surface area contributed by atoms with Gasteiger partial charge in [-0.05, 0) is 6.92 Å². The monoisotopic (exact) mass is 248 g/mol. The molecule has 0 radical (unpaired) electrons. The maximum Gasteiger partial charge on any atom is 0.358 e. The van der Waals surface area contributed by atoms with E-state index in [0.717, 1.165) is 18.8 Å². The van der Waals surface area contributed by atoms with Gasteiger partial charge in [-0.25, -0.2) is 14.8 Å². The molecular weight excluding hydrogens is 232 g/mol. The predicted molar refractivity (Wildman–Crippen MR) is 65.1 cm³/mol. The van der Waals surface area contributed by atoms with Crippen molar-refractivity contribution in [3.8, 4) is 0 Å². The highest BCUT2D eigenvalue weighted by Gasteiger charge is 2.10. The standard InChI is InChI=1S/C12H16N4O2/c1-3-18-12(17)10-8-16(9-14-10)6-4-11-13-5-7-15(11)2/h5,7-9H,3-4,6H2,1-2H3. The molecule has 0 N–H and O–H groups in total. The van der Waals surface area contributed by atoms with Gasteiger partial charge in [-0.1, -0.05) is 0 Å². The molecule has 2 heterocycles. The number of imidazole rings is 2. The number of esters is 1. The number of aromatic nitrogens is 4. The van der Waals surface area contributed by atoms with Gasteiger partial charge in [0.1, 0.15) is 5.82 Å². The molecule has 0 aliphatic rings. The fraction of sp³-hybridized carbons (Fsp3) is 0.417. The third kappa shape index (κ3) is 2.77. The highest BCUT2D eigenvalue weighted by Crippen LogP contribution is 2.02. The Morgan fingerprint density at radius 1 is 1.44 bits per heavy atom. The molecule has 2 aromatic rings. The number of hydrogen-bond acceptors (Lipinski definition) is 4. The third-order valence-electron chi connectivity index (χ3n) is 2.63. The molecule has 0 fully saturated rings. The summed E-state index contributed by atoms with van der Waals surface area (Å²) in [6, 6.07) is 0. The molecule has 0 saturated carbocycles. The first-order valence-corrected chi connectivity index (χ1v) is 5.85. The predicted octanol–water partition coefficient (Wildman–Crippen LogP) is 1.04. The summed E-state index contributed by atoms with van der Waals surface area (Å²) in [6.45, 7) is 2.87. The number of carbonyl (C=O) groups is 1. The molecule has 2 rings (SSSR count). The minimum atomic E-state index is -0.381. The van der Waals surface area contributed by atoms with Crippen LogP contribution < -0.4 is 0 Å². The zero-order chi connectivity index (χ0) is 13.0. The number of carbonyl (C=O) groups excluding carboxylic acids is 1. The van der Waals surface area contributed by atoms with E-state index in [2.05, 4.69) is 9.97 Å². The molecule has 6 heteroatoms. The molecule has 0 saturated heterocycles. The van der Waals surface area contributed by atoms with Crippen LogP contribution in [0.4, 0.5) is 0 Å². The van der Waals surface area contributed by atoms with Gasteiger partial charge in [0.25, 0.3) is 0 Å². The van der Waals surface area contributed by atoms with Crippen LogP contribution in [0.25, 0.3) is 0 Å². The minimum Gasteiger partial charge on any atom is -0.461 e. The van der Waals surface area contributed by atoms with Gasteiger partial charge < -0.3 is 13.9 Å². The number of ether oxygens (including phenoxy) is 1. The molecule has 2 aromatic heterocycles. The van der Waals surface area contributed by atoms with Crippen molar-refractivity contribution in [2.75, 3.05) is 6.61 Å². The molecule has 0 unspecified atom stereocenters. The lowest BCUT2D eigenvalue weighted by atomic mass is 10.4. The molecule has 0 bridgehead atoms. The van der Waals surface area contributed by atoms with Crippen molar-refractivity contribution in [1.29, 1.82) is 0 Å². The van der Waals surface area contributed by atoms with Crippen LogP contribution >= 0.6 is 0 Å². The van der Waals surface area contributed by atoms with Gasteiger partial charge in [0, 0.05) is 38.6 Å². The summed E-state index contributed by atoms with van der Waals surface area (Å²) in [5, 5.41) is 0. The van der Waals surface area contributed by atoms with Crippen LogP contribution in [0.15, 0.2) is 24.9 Å². The number of aryl methyl sites for hydroxylation is 3. The van der Waals surface area contributed by atoms with E-state index in [-0.39, 0.29) is 5.97 Å². The molecule has 0 spiro atoms. The smallest absolute Gasteiger partial charge is 0.358 e. The first-order valence-electron chi connectivity index (χ1n) is 5.85. The van der Waals surface area contributed by atoms with Crippen molar-refractivity contribution < 1.29 is 9.53 Å². The van der Waals surface area contributed by atoms with E-state index in [0.29, 0.717) is 12.3 Å². The van der Waals surface area contributed by atoms with E-state index < -0.39 is 0 Å². The maximum atomic E-state index is 11.4. The molecule has 0 aliphatic carbocycles. The van der Waals surface area contributed by atoms with E-state index in [1.54, 1.807) is 25.6 Å². The largest absolute Gasteiger partial charge is 0.461 e. The zero-order valence-corrected chi connectivity index (χ0v) is 10.5. The number of rotatable bonds is 5. The van der Waals surface area contributed by atoms with Crippen LogP contribution in [-0.2, 0) is 24.8 Å². The Morgan fingerprint density at radius 3 is 2.94 bits per heavy atom. The summed E-state index contributed by atoms with van der Waals surface area (Å²) in [7, 11) is 1.96. The van der Waals surface area contributed by atoms with Crippen LogP contribution in [0.1, 0.15) is 23.2 Å². The van der Waals surface area contributed by atoms with Crippen LogP contribution in [-0.4, -0.2) is 31.7 Å². The van der Waals surface area contributed by atoms with Gasteiger partial charge >= 0.3 is 5.97 Å². The second-order valence-electron chi connectivity index (χ2n) is 3.92. The Labute approximate surface area is 105 Å². The average Bonchev–Trinajstić information content (AvgIpc) is 2.96. The maximum absolute atomic E-state index is 11.4. The lowest BCUT2D eigenvalue weighted by Crippen LogP contribution is -2.06. The molecule has 0 aliphatic heterocycles. The van der Waals surface area contributed by atoms with Crippen LogP contribution in [0.5, 0.6) is 0 Å². The van der Waals surface area contributed by atoms with E-state index in [4.69, 9.17) is 4.74 Å². The Bertz CT molecular complexity index is 530. The first-order chi connectivity index (χ1) is 8.70. The molecule has 0 aromatic carbocycles. The van der Waals surface area contributed by atoms with Gasteiger partial charge in [-0.2, -0.15) is 0 Å².